The lowest BCUT2D eigenvalue weighted by molar-refractivity contribution is -0.193. The Morgan fingerprint density at radius 3 is 1.89 bits per heavy atom. The zero-order valence-corrected chi connectivity index (χ0v) is 19.7. The predicted octanol–water partition coefficient (Wildman–Crippen LogP) is 2.54. The Kier molecular flexibility index (Phi) is 10.9. The van der Waals surface area contributed by atoms with Gasteiger partial charge in [-0.3, -0.25) is 14.6 Å². The van der Waals surface area contributed by atoms with Crippen LogP contribution in [-0.2, 0) is 20.9 Å². The van der Waals surface area contributed by atoms with Crippen molar-refractivity contribution in [3.63, 3.8) is 0 Å². The number of likely N-dealkylation sites (N-methyl/N-ethyl adjacent to an activating group) is 2. The van der Waals surface area contributed by atoms with Crippen LogP contribution in [0, 0.1) is 0 Å². The summed E-state index contributed by atoms with van der Waals surface area (Å²) in [5.41, 5.74) is -0.256. The van der Waals surface area contributed by atoms with E-state index in [1.54, 1.807) is 11.3 Å². The number of aromatic nitrogens is 1. The molecule has 2 saturated heterocycles. The van der Waals surface area contributed by atoms with Crippen LogP contribution in [0.1, 0.15) is 24.8 Å². The third kappa shape index (κ3) is 8.92. The van der Waals surface area contributed by atoms with E-state index in [-0.39, 0.29) is 5.54 Å². The number of hydrogen-bond donors (Lipinski definition) is 2. The molecule has 2 fully saturated rings. The van der Waals surface area contributed by atoms with E-state index in [9.17, 15) is 31.1 Å². The van der Waals surface area contributed by atoms with Crippen LogP contribution in [0.5, 0.6) is 0 Å². The molecule has 35 heavy (non-hydrogen) atoms. The van der Waals surface area contributed by atoms with E-state index >= 15 is 0 Å². The number of likely N-dealkylation sites (tertiary alicyclic amines) is 1. The molecule has 0 unspecified atom stereocenters. The molecule has 9 nitrogen and oxygen atoms in total. The number of piperazine rings is 1. The Labute approximate surface area is 200 Å². The van der Waals surface area contributed by atoms with Gasteiger partial charge in [0.25, 0.3) is 0 Å². The topological polar surface area (TPSA) is 114 Å². The molecule has 2 aliphatic rings. The van der Waals surface area contributed by atoms with Crippen LogP contribution in [0.4, 0.5) is 26.3 Å². The Morgan fingerprint density at radius 2 is 1.51 bits per heavy atom. The average Bonchev–Trinajstić information content (AvgIpc) is 3.26. The number of halogens is 6. The third-order valence-corrected chi connectivity index (χ3v) is 6.28. The van der Waals surface area contributed by atoms with Gasteiger partial charge in [-0.2, -0.15) is 26.3 Å². The van der Waals surface area contributed by atoms with Gasteiger partial charge < -0.3 is 15.1 Å². The smallest absolute Gasteiger partial charge is 0.475 e. The van der Waals surface area contributed by atoms with Gasteiger partial charge in [0.05, 0.1) is 6.54 Å². The number of rotatable bonds is 3. The fraction of sp³-hybridized carbons (Fsp3) is 0.684. The molecule has 0 aromatic carbocycles. The summed E-state index contributed by atoms with van der Waals surface area (Å²) < 4.78 is 63.5. The molecule has 0 bridgehead atoms. The fourth-order valence-corrected chi connectivity index (χ4v) is 4.20. The van der Waals surface area contributed by atoms with E-state index in [2.05, 4.69) is 28.8 Å². The monoisotopic (exact) mass is 536 g/mol. The van der Waals surface area contributed by atoms with Crippen molar-refractivity contribution in [2.24, 2.45) is 0 Å². The largest absolute Gasteiger partial charge is 0.490 e. The number of piperidine rings is 1. The van der Waals surface area contributed by atoms with E-state index in [1.807, 2.05) is 16.5 Å². The standard InChI is InChI=1S/C15H24N4OS.2C2HF3O2/c1-3-19-10-9-17(2)15(14(19)20)4-7-18(8-5-15)12-13-16-6-11-21-13;2*3-2(4,5)1(6)7/h6,11H,3-5,7-10,12H2,1-2H3;2*(H,6,7). The molecule has 2 aliphatic heterocycles. The lowest BCUT2D eigenvalue weighted by Crippen LogP contribution is -2.67. The number of thiazole rings is 1. The second-order valence-electron chi connectivity index (χ2n) is 7.65. The number of carbonyl (C=O) groups is 3. The summed E-state index contributed by atoms with van der Waals surface area (Å²) in [6, 6.07) is 0. The van der Waals surface area contributed by atoms with Crippen molar-refractivity contribution < 1.29 is 50.9 Å². The molecule has 0 aliphatic carbocycles. The highest BCUT2D eigenvalue weighted by Gasteiger charge is 2.48. The Balaban J connectivity index is 0.000000362. The summed E-state index contributed by atoms with van der Waals surface area (Å²) in [4.78, 5) is 41.7. The van der Waals surface area contributed by atoms with Gasteiger partial charge in [0.15, 0.2) is 0 Å². The predicted molar refractivity (Wildman–Crippen MR) is 112 cm³/mol. The second kappa shape index (κ2) is 12.5. The first kappa shape index (κ1) is 30.6. The molecule has 1 spiro atoms. The van der Waals surface area contributed by atoms with Crippen molar-refractivity contribution in [1.29, 1.82) is 0 Å². The number of amides is 1. The lowest BCUT2D eigenvalue weighted by atomic mass is 9.83. The van der Waals surface area contributed by atoms with Crippen molar-refractivity contribution in [2.75, 3.05) is 39.8 Å². The number of nitrogens with zero attached hydrogens (tertiary/aromatic N) is 4. The fourth-order valence-electron chi connectivity index (χ4n) is 3.54. The van der Waals surface area contributed by atoms with Crippen LogP contribution in [-0.4, -0.2) is 105 Å². The quantitative estimate of drug-likeness (QED) is 0.567. The van der Waals surface area contributed by atoms with Gasteiger partial charge in [-0.1, -0.05) is 0 Å². The first-order valence-corrected chi connectivity index (χ1v) is 11.1. The van der Waals surface area contributed by atoms with E-state index < -0.39 is 24.3 Å². The van der Waals surface area contributed by atoms with Crippen molar-refractivity contribution in [3.8, 4) is 0 Å². The maximum Gasteiger partial charge on any atom is 0.490 e. The van der Waals surface area contributed by atoms with Gasteiger partial charge in [-0.25, -0.2) is 14.6 Å². The summed E-state index contributed by atoms with van der Waals surface area (Å²) in [6.07, 6.45) is -6.43. The molecular weight excluding hydrogens is 510 g/mol. The minimum Gasteiger partial charge on any atom is -0.475 e. The zero-order valence-electron chi connectivity index (χ0n) is 18.9. The van der Waals surface area contributed by atoms with Crippen LogP contribution in [0.15, 0.2) is 11.6 Å². The van der Waals surface area contributed by atoms with Crippen LogP contribution in [0.3, 0.4) is 0 Å². The maximum absolute atomic E-state index is 12.8. The second-order valence-corrected chi connectivity index (χ2v) is 8.62. The van der Waals surface area contributed by atoms with Crippen LogP contribution < -0.4 is 0 Å². The summed E-state index contributed by atoms with van der Waals surface area (Å²) >= 11 is 1.71. The van der Waals surface area contributed by atoms with Crippen molar-refractivity contribution in [1.82, 2.24) is 19.7 Å². The molecule has 0 saturated carbocycles. The first-order chi connectivity index (χ1) is 16.0. The molecule has 3 rings (SSSR count). The summed E-state index contributed by atoms with van der Waals surface area (Å²) in [5, 5.41) is 17.4. The highest BCUT2D eigenvalue weighted by Crippen LogP contribution is 2.33. The molecule has 2 N–H and O–H groups in total. The van der Waals surface area contributed by atoms with Gasteiger partial charge in [0, 0.05) is 44.3 Å². The first-order valence-electron chi connectivity index (χ1n) is 10.3. The maximum atomic E-state index is 12.8. The van der Waals surface area contributed by atoms with Crippen molar-refractivity contribution in [2.45, 2.75) is 44.2 Å². The Bertz CT molecular complexity index is 818. The van der Waals surface area contributed by atoms with Gasteiger partial charge in [-0.05, 0) is 26.8 Å². The molecule has 1 amide bonds. The number of carboxylic acids is 2. The minimum absolute atomic E-state index is 0.256. The number of carbonyl (C=O) groups excluding carboxylic acids is 1. The van der Waals surface area contributed by atoms with E-state index in [4.69, 9.17) is 19.8 Å². The van der Waals surface area contributed by atoms with Crippen molar-refractivity contribution in [3.05, 3.63) is 16.6 Å². The summed E-state index contributed by atoms with van der Waals surface area (Å²) in [7, 11) is 2.11. The van der Waals surface area contributed by atoms with Crippen LogP contribution in [0.2, 0.25) is 0 Å². The normalized spacial score (nSPS) is 18.9. The molecular formula is C19H26F6N4O5S. The van der Waals surface area contributed by atoms with Gasteiger partial charge in [-0.15, -0.1) is 11.3 Å². The molecule has 200 valence electrons. The summed E-state index contributed by atoms with van der Waals surface area (Å²) in [6.45, 7) is 7.65. The zero-order chi connectivity index (χ0) is 27.0. The number of carboxylic acid groups (broad SMARTS) is 2. The molecule has 3 heterocycles. The SMILES string of the molecule is CCN1CCN(C)C2(CCN(Cc3nccs3)CC2)C1=O.O=C(O)C(F)(F)F.O=C(O)C(F)(F)F. The highest BCUT2D eigenvalue weighted by atomic mass is 32.1. The molecule has 16 heteroatoms. The molecule has 0 radical (unpaired) electrons. The molecule has 1 aromatic heterocycles. The van der Waals surface area contributed by atoms with E-state index in [0.29, 0.717) is 5.91 Å². The number of alkyl halides is 6. The van der Waals surface area contributed by atoms with Crippen LogP contribution in [0.25, 0.3) is 0 Å². The number of hydrogen-bond acceptors (Lipinski definition) is 7. The van der Waals surface area contributed by atoms with E-state index in [0.717, 1.165) is 52.1 Å². The molecule has 1 aromatic rings. The van der Waals surface area contributed by atoms with Crippen LogP contribution >= 0.6 is 11.3 Å². The molecule has 0 atom stereocenters. The third-order valence-electron chi connectivity index (χ3n) is 5.51. The number of aliphatic carboxylic acids is 2. The average molecular weight is 536 g/mol. The highest BCUT2D eigenvalue weighted by molar-refractivity contribution is 7.09. The lowest BCUT2D eigenvalue weighted by Gasteiger charge is -2.51. The van der Waals surface area contributed by atoms with Gasteiger partial charge in [0.1, 0.15) is 10.5 Å². The Hall–Kier alpha value is -2.46. The van der Waals surface area contributed by atoms with E-state index in [1.165, 1.54) is 5.01 Å². The summed E-state index contributed by atoms with van der Waals surface area (Å²) in [5.74, 6) is -5.17. The minimum atomic E-state index is -5.08. The van der Waals surface area contributed by atoms with Crippen molar-refractivity contribution >= 4 is 29.2 Å². The van der Waals surface area contributed by atoms with Gasteiger partial charge >= 0.3 is 24.3 Å². The Morgan fingerprint density at radius 1 is 1.03 bits per heavy atom. The van der Waals surface area contributed by atoms with Gasteiger partial charge in [0.2, 0.25) is 5.91 Å².